The van der Waals surface area contributed by atoms with Crippen LogP contribution in [0, 0.1) is 0 Å². The number of ether oxygens (including phenoxy) is 2. The lowest BCUT2D eigenvalue weighted by atomic mass is 10.1. The van der Waals surface area contributed by atoms with E-state index in [4.69, 9.17) is 15.2 Å². The van der Waals surface area contributed by atoms with Crippen LogP contribution in [-0.4, -0.2) is 35.6 Å². The normalized spacial score (nSPS) is 14.3. The molecule has 0 unspecified atom stereocenters. The average Bonchev–Trinajstić information content (AvgIpc) is 2.54. The van der Waals surface area contributed by atoms with E-state index in [2.05, 4.69) is 14.9 Å². The molecule has 23 heavy (non-hydrogen) atoms. The summed E-state index contributed by atoms with van der Waals surface area (Å²) in [5.41, 5.74) is 8.06. The molecule has 0 atom stereocenters. The summed E-state index contributed by atoms with van der Waals surface area (Å²) in [5.74, 6) is 1.71. The number of nitrogens with zero attached hydrogens (tertiary/aromatic N) is 2. The Labute approximate surface area is 134 Å². The molecular weight excluding hydrogens is 296 g/mol. The van der Waals surface area contributed by atoms with Crippen molar-refractivity contribution in [3.05, 3.63) is 45.4 Å². The van der Waals surface area contributed by atoms with E-state index in [-0.39, 0.29) is 11.5 Å². The highest BCUT2D eigenvalue weighted by atomic mass is 16.5. The molecule has 1 aromatic carbocycles. The molecule has 0 fully saturated rings. The smallest absolute Gasteiger partial charge is 0.255 e. The molecule has 1 aliphatic rings. The van der Waals surface area contributed by atoms with Gasteiger partial charge in [-0.2, -0.15) is 0 Å². The highest BCUT2D eigenvalue weighted by molar-refractivity contribution is 5.41. The number of fused-ring (bicyclic) bond motifs is 1. The zero-order chi connectivity index (χ0) is 16.4. The van der Waals surface area contributed by atoms with Gasteiger partial charge in [0.15, 0.2) is 0 Å². The number of nitrogen functional groups attached to an aromatic ring is 1. The van der Waals surface area contributed by atoms with Gasteiger partial charge in [0.25, 0.3) is 5.56 Å². The Hall–Kier alpha value is -2.54. The minimum atomic E-state index is -0.130. The van der Waals surface area contributed by atoms with E-state index in [9.17, 15) is 4.79 Å². The summed E-state index contributed by atoms with van der Waals surface area (Å²) in [6.07, 6.45) is 0.663. The molecule has 0 bridgehead atoms. The molecule has 2 heterocycles. The van der Waals surface area contributed by atoms with Gasteiger partial charge in [-0.25, -0.2) is 4.98 Å². The number of methoxy groups -OCH3 is 2. The Kier molecular flexibility index (Phi) is 4.20. The van der Waals surface area contributed by atoms with Gasteiger partial charge in [0.2, 0.25) is 5.95 Å². The molecule has 3 N–H and O–H groups in total. The Bertz CT molecular complexity index is 772. The minimum Gasteiger partial charge on any atom is -0.497 e. The van der Waals surface area contributed by atoms with E-state index in [1.54, 1.807) is 14.2 Å². The van der Waals surface area contributed by atoms with Gasteiger partial charge in [0.05, 0.1) is 19.9 Å². The number of aromatic amines is 1. The van der Waals surface area contributed by atoms with Crippen molar-refractivity contribution in [1.82, 2.24) is 14.9 Å². The first-order valence-electron chi connectivity index (χ1n) is 7.41. The molecule has 2 aromatic rings. The third-order valence-corrected chi connectivity index (χ3v) is 4.06. The maximum Gasteiger partial charge on any atom is 0.255 e. The zero-order valence-electron chi connectivity index (χ0n) is 13.3. The molecule has 7 nitrogen and oxygen atoms in total. The molecule has 1 aliphatic heterocycles. The summed E-state index contributed by atoms with van der Waals surface area (Å²) in [5, 5.41) is 0. The molecule has 3 rings (SSSR count). The first-order chi connectivity index (χ1) is 11.1. The van der Waals surface area contributed by atoms with Crippen molar-refractivity contribution in [1.29, 1.82) is 0 Å². The van der Waals surface area contributed by atoms with Gasteiger partial charge >= 0.3 is 0 Å². The van der Waals surface area contributed by atoms with Gasteiger partial charge in [0, 0.05) is 36.8 Å². The largest absolute Gasteiger partial charge is 0.497 e. The van der Waals surface area contributed by atoms with Crippen molar-refractivity contribution in [2.24, 2.45) is 0 Å². The quantitative estimate of drug-likeness (QED) is 0.871. The summed E-state index contributed by atoms with van der Waals surface area (Å²) in [7, 11) is 3.27. The van der Waals surface area contributed by atoms with Crippen LogP contribution in [0.4, 0.5) is 5.95 Å². The third-order valence-electron chi connectivity index (χ3n) is 4.06. The number of anilines is 1. The Morgan fingerprint density at radius 2 is 2.17 bits per heavy atom. The Morgan fingerprint density at radius 1 is 1.35 bits per heavy atom. The summed E-state index contributed by atoms with van der Waals surface area (Å²) < 4.78 is 10.7. The van der Waals surface area contributed by atoms with Gasteiger partial charge in [-0.05, 0) is 12.5 Å². The average molecular weight is 316 g/mol. The van der Waals surface area contributed by atoms with Crippen LogP contribution in [0.3, 0.4) is 0 Å². The summed E-state index contributed by atoms with van der Waals surface area (Å²) in [6.45, 7) is 2.09. The van der Waals surface area contributed by atoms with Crippen molar-refractivity contribution >= 4 is 5.95 Å². The predicted molar refractivity (Wildman–Crippen MR) is 86.6 cm³/mol. The maximum absolute atomic E-state index is 11.9. The van der Waals surface area contributed by atoms with Crippen LogP contribution in [0.25, 0.3) is 0 Å². The molecule has 0 spiro atoms. The molecular formula is C16H20N4O3. The standard InChI is InChI=1S/C16H20N4O3/c1-22-11-4-3-10(14(7-11)23-2)8-20-6-5-12-13(9-20)18-16(17)19-15(12)21/h3-4,7H,5-6,8-9H2,1-2H3,(H3,17,18,19,21). The molecule has 0 radical (unpaired) electrons. The summed E-state index contributed by atoms with van der Waals surface area (Å²) >= 11 is 0. The lowest BCUT2D eigenvalue weighted by molar-refractivity contribution is 0.237. The van der Waals surface area contributed by atoms with Crippen LogP contribution in [0.2, 0.25) is 0 Å². The van der Waals surface area contributed by atoms with Crippen LogP contribution in [0.1, 0.15) is 16.8 Å². The maximum atomic E-state index is 11.9. The van der Waals surface area contributed by atoms with Crippen molar-refractivity contribution in [2.45, 2.75) is 19.5 Å². The fraction of sp³-hybridized carbons (Fsp3) is 0.375. The second-order valence-electron chi connectivity index (χ2n) is 5.51. The number of rotatable bonds is 4. The van der Waals surface area contributed by atoms with E-state index in [1.807, 2.05) is 18.2 Å². The van der Waals surface area contributed by atoms with Crippen LogP contribution in [0.15, 0.2) is 23.0 Å². The van der Waals surface area contributed by atoms with Crippen molar-refractivity contribution in [2.75, 3.05) is 26.5 Å². The van der Waals surface area contributed by atoms with Gasteiger partial charge in [-0.15, -0.1) is 0 Å². The topological polar surface area (TPSA) is 93.5 Å². The second-order valence-corrected chi connectivity index (χ2v) is 5.51. The van der Waals surface area contributed by atoms with E-state index in [0.717, 1.165) is 34.9 Å². The van der Waals surface area contributed by atoms with Crippen LogP contribution in [0.5, 0.6) is 11.5 Å². The number of benzene rings is 1. The number of hydrogen-bond acceptors (Lipinski definition) is 6. The third kappa shape index (κ3) is 3.14. The number of nitrogens with two attached hydrogens (primary N) is 1. The Morgan fingerprint density at radius 3 is 2.91 bits per heavy atom. The fourth-order valence-electron chi connectivity index (χ4n) is 2.87. The molecule has 0 saturated heterocycles. The summed E-state index contributed by atoms with van der Waals surface area (Å²) in [4.78, 5) is 20.9. The SMILES string of the molecule is COc1ccc(CN2CCc3c(nc(N)[nH]c3=O)C2)c(OC)c1. The highest BCUT2D eigenvalue weighted by Crippen LogP contribution is 2.27. The van der Waals surface area contributed by atoms with Gasteiger partial charge in [0.1, 0.15) is 11.5 Å². The first-order valence-corrected chi connectivity index (χ1v) is 7.41. The highest BCUT2D eigenvalue weighted by Gasteiger charge is 2.21. The number of H-pyrrole nitrogens is 1. The minimum absolute atomic E-state index is 0.130. The molecule has 0 aliphatic carbocycles. The van der Waals surface area contributed by atoms with Crippen molar-refractivity contribution in [3.63, 3.8) is 0 Å². The van der Waals surface area contributed by atoms with Crippen LogP contribution >= 0.6 is 0 Å². The summed E-state index contributed by atoms with van der Waals surface area (Å²) in [6, 6.07) is 5.78. The van der Waals surface area contributed by atoms with Crippen molar-refractivity contribution < 1.29 is 9.47 Å². The van der Waals surface area contributed by atoms with E-state index >= 15 is 0 Å². The molecule has 7 heteroatoms. The molecule has 1 aromatic heterocycles. The Balaban J connectivity index is 1.81. The molecule has 0 saturated carbocycles. The van der Waals surface area contributed by atoms with Crippen LogP contribution < -0.4 is 20.8 Å². The van der Waals surface area contributed by atoms with Crippen LogP contribution in [-0.2, 0) is 19.5 Å². The monoisotopic (exact) mass is 316 g/mol. The number of nitrogens with one attached hydrogen (secondary N) is 1. The lowest BCUT2D eigenvalue weighted by Crippen LogP contribution is -2.35. The van der Waals surface area contributed by atoms with E-state index in [1.165, 1.54) is 0 Å². The van der Waals surface area contributed by atoms with Gasteiger partial charge in [-0.3, -0.25) is 14.7 Å². The second kappa shape index (κ2) is 6.29. The predicted octanol–water partition coefficient (Wildman–Crippen LogP) is 0.928. The van der Waals surface area contributed by atoms with Gasteiger partial charge < -0.3 is 15.2 Å². The van der Waals surface area contributed by atoms with Crippen molar-refractivity contribution in [3.8, 4) is 11.5 Å². The van der Waals surface area contributed by atoms with E-state index < -0.39 is 0 Å². The number of aromatic nitrogens is 2. The lowest BCUT2D eigenvalue weighted by Gasteiger charge is -2.28. The zero-order valence-corrected chi connectivity index (χ0v) is 13.3. The van der Waals surface area contributed by atoms with E-state index in [0.29, 0.717) is 19.5 Å². The molecule has 122 valence electrons. The molecule has 0 amide bonds. The number of hydrogen-bond donors (Lipinski definition) is 2. The first kappa shape index (κ1) is 15.4. The fourth-order valence-corrected chi connectivity index (χ4v) is 2.87. The van der Waals surface area contributed by atoms with Gasteiger partial charge in [-0.1, -0.05) is 6.07 Å².